The van der Waals surface area contributed by atoms with Crippen LogP contribution in [-0.2, 0) is 19.6 Å². The predicted octanol–water partition coefficient (Wildman–Crippen LogP) is 3.09. The van der Waals surface area contributed by atoms with Crippen molar-refractivity contribution in [2.45, 2.75) is 38.6 Å². The van der Waals surface area contributed by atoms with Crippen LogP contribution in [0.4, 0.5) is 0 Å². The van der Waals surface area contributed by atoms with Gasteiger partial charge in [-0.2, -0.15) is 0 Å². The van der Waals surface area contributed by atoms with Crippen LogP contribution in [0.25, 0.3) is 0 Å². The Morgan fingerprint density at radius 1 is 1.00 bits per heavy atom. The molecule has 3 aromatic rings. The van der Waals surface area contributed by atoms with Gasteiger partial charge in [0.2, 0.25) is 0 Å². The molecule has 0 unspecified atom stereocenters. The van der Waals surface area contributed by atoms with E-state index >= 15 is 0 Å². The lowest BCUT2D eigenvalue weighted by atomic mass is 10.0. The van der Waals surface area contributed by atoms with Crippen molar-refractivity contribution in [1.82, 2.24) is 10.6 Å². The number of carbonyl (C=O) groups is 1. The van der Waals surface area contributed by atoms with Crippen LogP contribution in [0.3, 0.4) is 0 Å². The van der Waals surface area contributed by atoms with Crippen LogP contribution in [0.15, 0.2) is 60.7 Å². The first-order valence-electron chi connectivity index (χ1n) is 11.8. The second-order valence-corrected chi connectivity index (χ2v) is 8.60. The first kappa shape index (κ1) is 27.0. The zero-order chi connectivity index (χ0) is 26.1. The molecule has 3 rings (SSSR count). The Hall–Kier alpha value is -3.59. The molecule has 0 saturated heterocycles. The van der Waals surface area contributed by atoms with E-state index in [1.807, 2.05) is 43.3 Å². The Morgan fingerprint density at radius 2 is 1.69 bits per heavy atom. The Kier molecular flexibility index (Phi) is 9.69. The second-order valence-electron chi connectivity index (χ2n) is 8.60. The van der Waals surface area contributed by atoms with Crippen molar-refractivity contribution < 1.29 is 29.6 Å². The van der Waals surface area contributed by atoms with E-state index in [-0.39, 0.29) is 30.9 Å². The van der Waals surface area contributed by atoms with Crippen LogP contribution >= 0.6 is 0 Å². The highest BCUT2D eigenvalue weighted by Crippen LogP contribution is 2.28. The summed E-state index contributed by atoms with van der Waals surface area (Å²) in [5, 5.41) is 35.7. The van der Waals surface area contributed by atoms with Crippen LogP contribution in [0, 0.1) is 0 Å². The van der Waals surface area contributed by atoms with Crippen LogP contribution in [0.1, 0.15) is 45.6 Å². The number of aliphatic hydroxyl groups excluding tert-OH is 2. The first-order chi connectivity index (χ1) is 17.4. The molecule has 0 aromatic heterocycles. The van der Waals surface area contributed by atoms with Gasteiger partial charge in [-0.3, -0.25) is 4.79 Å². The standard InChI is InChI=1S/C28H34N2O6/c1-18(29-16-25(33)20-10-11-24(32)22(14-20)17-31)12-19-6-4-7-21(13-19)28(34)30-15-23-26(35-2)8-5-9-27(23)36-3/h4-11,13-14,18,25,29,31-33H,12,15-17H2,1-3H3,(H,30,34)/t18-,25+/m1/s1. The molecule has 1 amide bonds. The first-order valence-corrected chi connectivity index (χ1v) is 11.8. The summed E-state index contributed by atoms with van der Waals surface area (Å²) < 4.78 is 10.8. The summed E-state index contributed by atoms with van der Waals surface area (Å²) in [5.41, 5.74) is 3.29. The highest BCUT2D eigenvalue weighted by Gasteiger charge is 2.15. The Labute approximate surface area is 211 Å². The van der Waals surface area contributed by atoms with Gasteiger partial charge in [0.15, 0.2) is 0 Å². The summed E-state index contributed by atoms with van der Waals surface area (Å²) in [7, 11) is 3.16. The van der Waals surface area contributed by atoms with Gasteiger partial charge in [-0.15, -0.1) is 0 Å². The molecule has 2 atom stereocenters. The zero-order valence-electron chi connectivity index (χ0n) is 20.8. The maximum Gasteiger partial charge on any atom is 0.251 e. The topological polar surface area (TPSA) is 120 Å². The quantitative estimate of drug-likeness (QED) is 0.262. The van der Waals surface area contributed by atoms with Gasteiger partial charge in [0.05, 0.1) is 39.0 Å². The summed E-state index contributed by atoms with van der Waals surface area (Å²) >= 11 is 0. The molecule has 5 N–H and O–H groups in total. The molecule has 0 aliphatic carbocycles. The molecule has 8 heteroatoms. The number of aromatic hydroxyl groups is 1. The fraction of sp³-hybridized carbons (Fsp3) is 0.321. The number of rotatable bonds is 12. The van der Waals surface area contributed by atoms with Crippen molar-refractivity contribution in [1.29, 1.82) is 0 Å². The highest BCUT2D eigenvalue weighted by molar-refractivity contribution is 5.94. The van der Waals surface area contributed by atoms with E-state index in [0.717, 1.165) is 11.1 Å². The maximum atomic E-state index is 12.8. The maximum absolute atomic E-state index is 12.8. The number of nitrogens with one attached hydrogen (secondary N) is 2. The van der Waals surface area contributed by atoms with Crippen LogP contribution in [-0.4, -0.2) is 48.0 Å². The molecule has 0 spiro atoms. The fourth-order valence-electron chi connectivity index (χ4n) is 4.01. The number of hydrogen-bond acceptors (Lipinski definition) is 7. The number of benzene rings is 3. The number of carbonyl (C=O) groups excluding carboxylic acids is 1. The van der Waals surface area contributed by atoms with E-state index in [2.05, 4.69) is 10.6 Å². The van der Waals surface area contributed by atoms with Gasteiger partial charge in [0.1, 0.15) is 17.2 Å². The molecular formula is C28H34N2O6. The van der Waals surface area contributed by atoms with Gasteiger partial charge in [-0.25, -0.2) is 0 Å². The minimum Gasteiger partial charge on any atom is -0.508 e. The number of hydrogen-bond donors (Lipinski definition) is 5. The summed E-state index contributed by atoms with van der Waals surface area (Å²) in [4.78, 5) is 12.8. The molecule has 0 aliphatic rings. The lowest BCUT2D eigenvalue weighted by Gasteiger charge is -2.18. The van der Waals surface area contributed by atoms with Crippen LogP contribution in [0.2, 0.25) is 0 Å². The minimum absolute atomic E-state index is 0.000684. The number of phenols is 1. The number of aliphatic hydroxyl groups is 2. The van der Waals surface area contributed by atoms with Crippen molar-refractivity contribution in [2.75, 3.05) is 20.8 Å². The molecule has 0 saturated carbocycles. The van der Waals surface area contributed by atoms with E-state index in [1.165, 1.54) is 6.07 Å². The monoisotopic (exact) mass is 494 g/mol. The van der Waals surface area contributed by atoms with E-state index in [1.54, 1.807) is 32.4 Å². The molecule has 0 aliphatic heterocycles. The van der Waals surface area contributed by atoms with Crippen molar-refractivity contribution in [2.24, 2.45) is 0 Å². The van der Waals surface area contributed by atoms with Gasteiger partial charge in [0.25, 0.3) is 5.91 Å². The summed E-state index contributed by atoms with van der Waals surface area (Å²) in [6, 6.07) is 17.6. The molecule has 0 radical (unpaired) electrons. The average Bonchev–Trinajstić information content (AvgIpc) is 2.90. The van der Waals surface area contributed by atoms with Crippen molar-refractivity contribution in [3.63, 3.8) is 0 Å². The van der Waals surface area contributed by atoms with E-state index in [9.17, 15) is 20.1 Å². The molecule has 3 aromatic carbocycles. The van der Waals surface area contributed by atoms with Crippen LogP contribution in [0.5, 0.6) is 17.2 Å². The van der Waals surface area contributed by atoms with E-state index in [0.29, 0.717) is 41.2 Å². The normalized spacial score (nSPS) is 12.6. The second kappa shape index (κ2) is 12.9. The van der Waals surface area contributed by atoms with E-state index < -0.39 is 6.10 Å². The Morgan fingerprint density at radius 3 is 2.36 bits per heavy atom. The van der Waals surface area contributed by atoms with Gasteiger partial charge in [-0.1, -0.05) is 24.3 Å². The molecule has 36 heavy (non-hydrogen) atoms. The van der Waals surface area contributed by atoms with Gasteiger partial charge < -0.3 is 35.4 Å². The minimum atomic E-state index is -0.789. The van der Waals surface area contributed by atoms with Gasteiger partial charge in [-0.05, 0) is 60.9 Å². The highest BCUT2D eigenvalue weighted by atomic mass is 16.5. The Bertz CT molecular complexity index is 1140. The zero-order valence-corrected chi connectivity index (χ0v) is 20.8. The number of amides is 1. The smallest absolute Gasteiger partial charge is 0.251 e. The summed E-state index contributed by atoms with van der Waals surface area (Å²) in [5.74, 6) is 1.09. The van der Waals surface area contributed by atoms with Crippen LogP contribution < -0.4 is 20.1 Å². The SMILES string of the molecule is COc1cccc(OC)c1CNC(=O)c1cccc(C[C@@H](C)NC[C@H](O)c2ccc(O)c(CO)c2)c1. The van der Waals surface area contributed by atoms with Crippen molar-refractivity contribution >= 4 is 5.91 Å². The number of ether oxygens (including phenoxy) is 2. The largest absolute Gasteiger partial charge is 0.508 e. The molecule has 192 valence electrons. The van der Waals surface area contributed by atoms with Gasteiger partial charge >= 0.3 is 0 Å². The third kappa shape index (κ3) is 6.97. The molecule has 0 heterocycles. The summed E-state index contributed by atoms with van der Waals surface area (Å²) in [6.07, 6.45) is -0.131. The van der Waals surface area contributed by atoms with Crippen molar-refractivity contribution in [3.05, 3.63) is 88.5 Å². The molecule has 0 bridgehead atoms. The van der Waals surface area contributed by atoms with Crippen molar-refractivity contribution in [3.8, 4) is 17.2 Å². The lowest BCUT2D eigenvalue weighted by molar-refractivity contribution is 0.0950. The predicted molar refractivity (Wildman–Crippen MR) is 137 cm³/mol. The Balaban J connectivity index is 1.56. The fourth-order valence-corrected chi connectivity index (χ4v) is 4.01. The number of methoxy groups -OCH3 is 2. The third-order valence-corrected chi connectivity index (χ3v) is 6.01. The molecule has 8 nitrogen and oxygen atoms in total. The van der Waals surface area contributed by atoms with E-state index in [4.69, 9.17) is 9.47 Å². The lowest BCUT2D eigenvalue weighted by Crippen LogP contribution is -2.32. The molecule has 0 fully saturated rings. The summed E-state index contributed by atoms with van der Waals surface area (Å²) in [6.45, 7) is 2.27. The van der Waals surface area contributed by atoms with Gasteiger partial charge in [0, 0.05) is 23.7 Å². The third-order valence-electron chi connectivity index (χ3n) is 6.01. The molecular weight excluding hydrogens is 460 g/mol. The average molecular weight is 495 g/mol.